The van der Waals surface area contributed by atoms with E-state index in [0.29, 0.717) is 19.6 Å². The molecule has 3 rings (SSSR count). The molecule has 170 valence electrons. The van der Waals surface area contributed by atoms with Gasteiger partial charge in [-0.2, -0.15) is 5.10 Å². The summed E-state index contributed by atoms with van der Waals surface area (Å²) in [6.07, 6.45) is 9.29. The lowest BCUT2D eigenvalue weighted by atomic mass is 9.80. The molecule has 2 fully saturated rings. The topological polar surface area (TPSA) is 58.2 Å². The van der Waals surface area contributed by atoms with Gasteiger partial charge in [-0.25, -0.2) is 4.39 Å². The first-order valence-electron chi connectivity index (χ1n) is 11.9. The summed E-state index contributed by atoms with van der Waals surface area (Å²) in [4.78, 5) is 14.9. The quantitative estimate of drug-likeness (QED) is 0.624. The molecule has 1 aromatic rings. The van der Waals surface area contributed by atoms with Gasteiger partial charge in [0.25, 0.3) is 5.91 Å². The second-order valence-electron chi connectivity index (χ2n) is 9.89. The van der Waals surface area contributed by atoms with Gasteiger partial charge in [0.1, 0.15) is 0 Å². The molecule has 2 heterocycles. The Kier molecular flexibility index (Phi) is 7.94. The van der Waals surface area contributed by atoms with Gasteiger partial charge in [-0.1, -0.05) is 27.2 Å². The van der Waals surface area contributed by atoms with Gasteiger partial charge in [0.2, 0.25) is 0 Å². The second kappa shape index (κ2) is 10.3. The summed E-state index contributed by atoms with van der Waals surface area (Å²) < 4.78 is 21.6. The molecule has 2 unspecified atom stereocenters. The highest BCUT2D eigenvalue weighted by Gasteiger charge is 2.43. The number of hydrogen-bond acceptors (Lipinski definition) is 3. The van der Waals surface area contributed by atoms with Crippen LogP contribution >= 0.6 is 0 Å². The fourth-order valence-electron chi connectivity index (χ4n) is 5.38. The SMILES string of the molecule is CCC[C@](C)(F)C(=O)N1CCCC(c2ccn[nH]2)C1COC1CCC(C(C)C)CC1. The van der Waals surface area contributed by atoms with Crippen molar-refractivity contribution in [3.63, 3.8) is 0 Å². The highest BCUT2D eigenvalue weighted by Crippen LogP contribution is 2.36. The number of ether oxygens (including phenoxy) is 1. The summed E-state index contributed by atoms with van der Waals surface area (Å²) in [5.41, 5.74) is -0.807. The van der Waals surface area contributed by atoms with Gasteiger partial charge in [0.05, 0.1) is 18.8 Å². The Bertz CT molecular complexity index is 653. The maximum Gasteiger partial charge on any atom is 0.260 e. The van der Waals surface area contributed by atoms with Crippen LogP contribution in [-0.2, 0) is 9.53 Å². The molecule has 3 atom stereocenters. The first-order valence-corrected chi connectivity index (χ1v) is 11.9. The van der Waals surface area contributed by atoms with Gasteiger partial charge >= 0.3 is 0 Å². The fraction of sp³-hybridized carbons (Fsp3) is 0.833. The van der Waals surface area contributed by atoms with Crippen LogP contribution in [0.2, 0.25) is 0 Å². The molecule has 1 aliphatic carbocycles. The Hall–Kier alpha value is -1.43. The number of piperidine rings is 1. The van der Waals surface area contributed by atoms with Crippen LogP contribution < -0.4 is 0 Å². The number of aromatic amines is 1. The zero-order valence-corrected chi connectivity index (χ0v) is 19.2. The van der Waals surface area contributed by atoms with Crippen molar-refractivity contribution >= 4 is 5.91 Å². The third-order valence-corrected chi connectivity index (χ3v) is 7.29. The zero-order chi connectivity index (χ0) is 21.7. The number of H-pyrrole nitrogens is 1. The molecule has 1 saturated heterocycles. The van der Waals surface area contributed by atoms with Crippen LogP contribution in [0.1, 0.15) is 90.7 Å². The molecule has 1 amide bonds. The van der Waals surface area contributed by atoms with Crippen molar-refractivity contribution in [2.45, 2.75) is 103 Å². The number of aromatic nitrogens is 2. The van der Waals surface area contributed by atoms with Crippen molar-refractivity contribution in [1.82, 2.24) is 15.1 Å². The van der Waals surface area contributed by atoms with E-state index < -0.39 is 5.67 Å². The number of carbonyl (C=O) groups excluding carboxylic acids is 1. The lowest BCUT2D eigenvalue weighted by molar-refractivity contribution is -0.151. The monoisotopic (exact) mass is 421 g/mol. The highest BCUT2D eigenvalue weighted by molar-refractivity contribution is 5.85. The van der Waals surface area contributed by atoms with Crippen molar-refractivity contribution < 1.29 is 13.9 Å². The fourth-order valence-corrected chi connectivity index (χ4v) is 5.38. The summed E-state index contributed by atoms with van der Waals surface area (Å²) in [5, 5.41) is 7.19. The van der Waals surface area contributed by atoms with Crippen molar-refractivity contribution in [1.29, 1.82) is 0 Å². The molecule has 1 aliphatic heterocycles. The minimum Gasteiger partial charge on any atom is -0.376 e. The van der Waals surface area contributed by atoms with Gasteiger partial charge in [0, 0.05) is 24.4 Å². The van der Waals surface area contributed by atoms with E-state index in [4.69, 9.17) is 4.74 Å². The molecule has 2 aliphatic rings. The number of likely N-dealkylation sites (tertiary alicyclic amines) is 1. The van der Waals surface area contributed by atoms with Crippen molar-refractivity contribution in [3.8, 4) is 0 Å². The molecule has 0 aromatic carbocycles. The van der Waals surface area contributed by atoms with E-state index in [1.165, 1.54) is 19.8 Å². The van der Waals surface area contributed by atoms with E-state index in [-0.39, 0.29) is 30.4 Å². The Balaban J connectivity index is 1.71. The highest BCUT2D eigenvalue weighted by atomic mass is 19.1. The standard InChI is InChI=1S/C24H40FN3O2/c1-5-13-24(4,25)23(29)28-15-6-7-20(21-12-14-26-27-21)22(28)16-30-19-10-8-18(9-11-19)17(2)3/h12,14,17-20,22H,5-11,13,15-16H2,1-4H3,(H,26,27)/t18?,19?,20?,22?,24-/m0/s1. The Morgan fingerprint density at radius 1 is 1.33 bits per heavy atom. The zero-order valence-electron chi connectivity index (χ0n) is 19.2. The van der Waals surface area contributed by atoms with Crippen LogP contribution in [0.15, 0.2) is 12.3 Å². The summed E-state index contributed by atoms with van der Waals surface area (Å²) in [5.74, 6) is 1.24. The number of halogens is 1. The van der Waals surface area contributed by atoms with Crippen molar-refractivity contribution in [2.24, 2.45) is 11.8 Å². The lowest BCUT2D eigenvalue weighted by Gasteiger charge is -2.43. The number of hydrogen-bond donors (Lipinski definition) is 1. The van der Waals surface area contributed by atoms with Crippen LogP contribution in [0.3, 0.4) is 0 Å². The molecule has 5 nitrogen and oxygen atoms in total. The third-order valence-electron chi connectivity index (χ3n) is 7.29. The van der Waals surface area contributed by atoms with E-state index >= 15 is 4.39 Å². The van der Waals surface area contributed by atoms with E-state index in [1.807, 2.05) is 13.0 Å². The van der Waals surface area contributed by atoms with Crippen LogP contribution in [0.4, 0.5) is 4.39 Å². The maximum absolute atomic E-state index is 15.2. The van der Waals surface area contributed by atoms with Crippen molar-refractivity contribution in [3.05, 3.63) is 18.0 Å². The van der Waals surface area contributed by atoms with E-state index in [0.717, 1.165) is 43.2 Å². The average Bonchev–Trinajstić information content (AvgIpc) is 3.26. The molecular weight excluding hydrogens is 381 g/mol. The second-order valence-corrected chi connectivity index (χ2v) is 9.89. The van der Waals surface area contributed by atoms with E-state index in [1.54, 1.807) is 11.1 Å². The Morgan fingerprint density at radius 2 is 2.07 bits per heavy atom. The molecule has 1 N–H and O–H groups in total. The van der Waals surface area contributed by atoms with Crippen LogP contribution in [0.5, 0.6) is 0 Å². The smallest absolute Gasteiger partial charge is 0.260 e. The Labute approximate surface area is 181 Å². The van der Waals surface area contributed by atoms with Crippen LogP contribution in [-0.4, -0.2) is 52.0 Å². The summed E-state index contributed by atoms with van der Waals surface area (Å²) in [6.45, 7) is 9.02. The number of nitrogens with one attached hydrogen (secondary N) is 1. The molecule has 30 heavy (non-hydrogen) atoms. The number of nitrogens with zero attached hydrogens (tertiary/aromatic N) is 2. The molecular formula is C24H40FN3O2. The predicted octanol–water partition coefficient (Wildman–Crippen LogP) is 5.24. The predicted molar refractivity (Wildman–Crippen MR) is 117 cm³/mol. The first-order chi connectivity index (χ1) is 14.3. The normalized spacial score (nSPS) is 29.7. The van der Waals surface area contributed by atoms with Gasteiger partial charge in [-0.05, 0) is 69.8 Å². The third kappa shape index (κ3) is 5.43. The van der Waals surface area contributed by atoms with Gasteiger partial charge in [0.15, 0.2) is 5.67 Å². The summed E-state index contributed by atoms with van der Waals surface area (Å²) in [6, 6.07) is 1.82. The maximum atomic E-state index is 15.2. The number of rotatable bonds is 8. The van der Waals surface area contributed by atoms with Crippen LogP contribution in [0.25, 0.3) is 0 Å². The molecule has 1 aromatic heterocycles. The molecule has 6 heteroatoms. The summed E-state index contributed by atoms with van der Waals surface area (Å²) >= 11 is 0. The average molecular weight is 422 g/mol. The summed E-state index contributed by atoms with van der Waals surface area (Å²) in [7, 11) is 0. The minimum absolute atomic E-state index is 0.106. The molecule has 0 bridgehead atoms. The van der Waals surface area contributed by atoms with E-state index in [9.17, 15) is 4.79 Å². The Morgan fingerprint density at radius 3 is 2.67 bits per heavy atom. The number of amides is 1. The largest absolute Gasteiger partial charge is 0.376 e. The number of alkyl halides is 1. The molecule has 0 spiro atoms. The van der Waals surface area contributed by atoms with E-state index in [2.05, 4.69) is 24.0 Å². The molecule has 1 saturated carbocycles. The number of carbonyl (C=O) groups is 1. The van der Waals surface area contributed by atoms with Gasteiger partial charge in [-0.3, -0.25) is 9.89 Å². The lowest BCUT2D eigenvalue weighted by Crippen LogP contribution is -2.55. The first kappa shape index (κ1) is 23.2. The molecule has 0 radical (unpaired) electrons. The minimum atomic E-state index is -1.82. The van der Waals surface area contributed by atoms with Crippen molar-refractivity contribution in [2.75, 3.05) is 13.2 Å². The van der Waals surface area contributed by atoms with Gasteiger partial charge < -0.3 is 9.64 Å². The van der Waals surface area contributed by atoms with Gasteiger partial charge in [-0.15, -0.1) is 0 Å². The van der Waals surface area contributed by atoms with Crippen LogP contribution in [0, 0.1) is 11.8 Å².